The standard InChI is InChI=1S/C11H13NO5/c1-2-16-10(14)5-6-12-11(15)8-3-4-9(13)17-7-8/h3-4,7H,2,5-6H2,1H3,(H,12,15). The van der Waals surface area contributed by atoms with E-state index in [4.69, 9.17) is 4.74 Å². The van der Waals surface area contributed by atoms with Gasteiger partial charge in [-0.3, -0.25) is 9.59 Å². The van der Waals surface area contributed by atoms with Gasteiger partial charge in [-0.25, -0.2) is 4.79 Å². The minimum Gasteiger partial charge on any atom is -0.466 e. The van der Waals surface area contributed by atoms with Crippen molar-refractivity contribution in [3.63, 3.8) is 0 Å². The van der Waals surface area contributed by atoms with Crippen molar-refractivity contribution in [1.82, 2.24) is 5.32 Å². The Hall–Kier alpha value is -2.11. The smallest absolute Gasteiger partial charge is 0.335 e. The molecule has 0 aromatic carbocycles. The van der Waals surface area contributed by atoms with Crippen LogP contribution in [0, 0.1) is 0 Å². The van der Waals surface area contributed by atoms with Gasteiger partial charge in [0, 0.05) is 12.6 Å². The van der Waals surface area contributed by atoms with Gasteiger partial charge in [-0.05, 0) is 13.0 Å². The molecule has 0 aliphatic heterocycles. The van der Waals surface area contributed by atoms with Crippen LogP contribution >= 0.6 is 0 Å². The van der Waals surface area contributed by atoms with E-state index >= 15 is 0 Å². The maximum atomic E-state index is 11.5. The Morgan fingerprint density at radius 1 is 1.41 bits per heavy atom. The molecule has 0 saturated carbocycles. The zero-order valence-electron chi connectivity index (χ0n) is 9.39. The first kappa shape index (κ1) is 13.0. The minimum absolute atomic E-state index is 0.108. The normalized spacial score (nSPS) is 9.71. The minimum atomic E-state index is -0.520. The molecular weight excluding hydrogens is 226 g/mol. The summed E-state index contributed by atoms with van der Waals surface area (Å²) in [6.07, 6.45) is 1.18. The third kappa shape index (κ3) is 4.50. The Bertz CT molecular complexity index is 431. The third-order valence-corrected chi connectivity index (χ3v) is 1.88. The first-order valence-corrected chi connectivity index (χ1v) is 5.16. The second kappa shape index (κ2) is 6.47. The molecule has 0 bridgehead atoms. The van der Waals surface area contributed by atoms with Crippen molar-refractivity contribution in [3.8, 4) is 0 Å². The second-order valence-corrected chi connectivity index (χ2v) is 3.15. The summed E-state index contributed by atoms with van der Waals surface area (Å²) in [5.74, 6) is -0.773. The largest absolute Gasteiger partial charge is 0.466 e. The van der Waals surface area contributed by atoms with Crippen LogP contribution in [0.25, 0.3) is 0 Å². The summed E-state index contributed by atoms with van der Waals surface area (Å²) in [5, 5.41) is 2.51. The van der Waals surface area contributed by atoms with E-state index in [0.717, 1.165) is 12.3 Å². The highest BCUT2D eigenvalue weighted by atomic mass is 16.5. The maximum absolute atomic E-state index is 11.5. The number of hydrogen-bond donors (Lipinski definition) is 1. The van der Waals surface area contributed by atoms with Gasteiger partial charge in [-0.1, -0.05) is 0 Å². The predicted octanol–water partition coefficient (Wildman–Crippen LogP) is 0.323. The summed E-state index contributed by atoms with van der Waals surface area (Å²) >= 11 is 0. The van der Waals surface area contributed by atoms with Crippen molar-refractivity contribution >= 4 is 11.9 Å². The van der Waals surface area contributed by atoms with Crippen LogP contribution in [0.1, 0.15) is 23.7 Å². The number of esters is 1. The highest BCUT2D eigenvalue weighted by molar-refractivity contribution is 5.93. The van der Waals surface area contributed by atoms with E-state index in [1.807, 2.05) is 0 Å². The Labute approximate surface area is 97.6 Å². The molecule has 1 heterocycles. The van der Waals surface area contributed by atoms with Gasteiger partial charge in [-0.15, -0.1) is 0 Å². The molecule has 1 N–H and O–H groups in total. The highest BCUT2D eigenvalue weighted by Crippen LogP contribution is 1.95. The lowest BCUT2D eigenvalue weighted by molar-refractivity contribution is -0.142. The summed E-state index contributed by atoms with van der Waals surface area (Å²) in [7, 11) is 0. The SMILES string of the molecule is CCOC(=O)CCNC(=O)c1ccc(=O)oc1. The average molecular weight is 239 g/mol. The van der Waals surface area contributed by atoms with Gasteiger partial charge in [0.2, 0.25) is 0 Å². The number of amides is 1. The number of carbonyl (C=O) groups is 2. The molecule has 1 aromatic heterocycles. The summed E-state index contributed by atoms with van der Waals surface area (Å²) in [5.41, 5.74) is -0.290. The fourth-order valence-corrected chi connectivity index (χ4v) is 1.10. The van der Waals surface area contributed by atoms with E-state index in [1.54, 1.807) is 6.92 Å². The fourth-order valence-electron chi connectivity index (χ4n) is 1.10. The monoisotopic (exact) mass is 239 g/mol. The maximum Gasteiger partial charge on any atom is 0.335 e. The van der Waals surface area contributed by atoms with E-state index in [9.17, 15) is 14.4 Å². The summed E-state index contributed by atoms with van der Waals surface area (Å²) < 4.78 is 9.23. The number of carbonyl (C=O) groups excluding carboxylic acids is 2. The molecule has 0 fully saturated rings. The molecule has 0 aliphatic carbocycles. The molecule has 0 atom stereocenters. The van der Waals surface area contributed by atoms with Crippen molar-refractivity contribution in [2.24, 2.45) is 0 Å². The summed E-state index contributed by atoms with van der Waals surface area (Å²) in [4.78, 5) is 33.1. The molecule has 6 heteroatoms. The molecule has 1 amide bonds. The number of nitrogens with one attached hydrogen (secondary N) is 1. The molecule has 0 radical (unpaired) electrons. The molecule has 17 heavy (non-hydrogen) atoms. The highest BCUT2D eigenvalue weighted by Gasteiger charge is 2.07. The van der Waals surface area contributed by atoms with Crippen molar-refractivity contribution in [2.45, 2.75) is 13.3 Å². The lowest BCUT2D eigenvalue weighted by Crippen LogP contribution is -2.26. The van der Waals surface area contributed by atoms with E-state index in [1.165, 1.54) is 6.07 Å². The third-order valence-electron chi connectivity index (χ3n) is 1.88. The summed E-state index contributed by atoms with van der Waals surface area (Å²) in [6.45, 7) is 2.20. The Balaban J connectivity index is 2.37. The lowest BCUT2D eigenvalue weighted by Gasteiger charge is -2.04. The molecule has 0 aliphatic rings. The second-order valence-electron chi connectivity index (χ2n) is 3.15. The lowest BCUT2D eigenvalue weighted by atomic mass is 10.3. The Kier molecular flexibility index (Phi) is 4.93. The van der Waals surface area contributed by atoms with Crippen LogP contribution in [0.3, 0.4) is 0 Å². The van der Waals surface area contributed by atoms with Crippen LogP contribution in [0.15, 0.2) is 27.6 Å². The molecule has 6 nitrogen and oxygen atoms in total. The van der Waals surface area contributed by atoms with Gasteiger partial charge < -0.3 is 14.5 Å². The molecule has 1 aromatic rings. The average Bonchev–Trinajstić information content (AvgIpc) is 2.30. The van der Waals surface area contributed by atoms with E-state index in [2.05, 4.69) is 9.73 Å². The quantitative estimate of drug-likeness (QED) is 0.748. The van der Waals surface area contributed by atoms with E-state index in [0.29, 0.717) is 6.61 Å². The van der Waals surface area contributed by atoms with Crippen molar-refractivity contribution in [2.75, 3.05) is 13.2 Å². The molecule has 0 unspecified atom stereocenters. The van der Waals surface area contributed by atoms with Crippen LogP contribution in [0.4, 0.5) is 0 Å². The topological polar surface area (TPSA) is 85.6 Å². The molecule has 92 valence electrons. The van der Waals surface area contributed by atoms with Crippen molar-refractivity contribution in [3.05, 3.63) is 34.4 Å². The molecular formula is C11H13NO5. The van der Waals surface area contributed by atoms with Crippen LogP contribution in [-0.4, -0.2) is 25.0 Å². The van der Waals surface area contributed by atoms with Crippen molar-refractivity contribution < 1.29 is 18.7 Å². The molecule has 1 rings (SSSR count). The summed E-state index contributed by atoms with van der Waals surface area (Å²) in [6, 6.07) is 2.51. The first-order valence-electron chi connectivity index (χ1n) is 5.16. The van der Waals surface area contributed by atoms with Crippen LogP contribution in [0.5, 0.6) is 0 Å². The van der Waals surface area contributed by atoms with Gasteiger partial charge in [0.15, 0.2) is 0 Å². The number of rotatable bonds is 5. The van der Waals surface area contributed by atoms with Crippen LogP contribution in [-0.2, 0) is 9.53 Å². The van der Waals surface area contributed by atoms with E-state index in [-0.39, 0.29) is 24.5 Å². The molecule has 0 spiro atoms. The van der Waals surface area contributed by atoms with Crippen molar-refractivity contribution in [1.29, 1.82) is 0 Å². The first-order chi connectivity index (χ1) is 8.13. The van der Waals surface area contributed by atoms with Gasteiger partial charge in [-0.2, -0.15) is 0 Å². The van der Waals surface area contributed by atoms with Gasteiger partial charge in [0.25, 0.3) is 5.91 Å². The number of hydrogen-bond acceptors (Lipinski definition) is 5. The van der Waals surface area contributed by atoms with Crippen LogP contribution < -0.4 is 10.9 Å². The zero-order chi connectivity index (χ0) is 12.7. The number of ether oxygens (including phenoxy) is 1. The van der Waals surface area contributed by atoms with Gasteiger partial charge in [0.05, 0.1) is 18.6 Å². The van der Waals surface area contributed by atoms with Gasteiger partial charge >= 0.3 is 11.6 Å². The fraction of sp³-hybridized carbons (Fsp3) is 0.364. The van der Waals surface area contributed by atoms with E-state index < -0.39 is 11.5 Å². The van der Waals surface area contributed by atoms with Crippen LogP contribution in [0.2, 0.25) is 0 Å². The molecule has 0 saturated heterocycles. The Morgan fingerprint density at radius 2 is 2.18 bits per heavy atom. The predicted molar refractivity (Wildman–Crippen MR) is 58.6 cm³/mol. The van der Waals surface area contributed by atoms with Gasteiger partial charge in [0.1, 0.15) is 6.26 Å². The Morgan fingerprint density at radius 3 is 2.76 bits per heavy atom. The zero-order valence-corrected chi connectivity index (χ0v) is 9.39.